The predicted octanol–water partition coefficient (Wildman–Crippen LogP) is 2.88. The quantitative estimate of drug-likeness (QED) is 0.456. The summed E-state index contributed by atoms with van der Waals surface area (Å²) in [4.78, 5) is 2.19. The molecule has 0 radical (unpaired) electrons. The molecule has 0 unspecified atom stereocenters. The average molecular weight is 315 g/mol. The normalized spacial score (nSPS) is 19.9. The van der Waals surface area contributed by atoms with Crippen molar-refractivity contribution >= 4 is 10.1 Å². The van der Waals surface area contributed by atoms with Gasteiger partial charge in [-0.2, -0.15) is 21.6 Å². The Hall–Kier alpha value is -0.760. The predicted molar refractivity (Wildman–Crippen MR) is 69.2 cm³/mol. The van der Waals surface area contributed by atoms with Crippen LogP contribution in [0.4, 0.5) is 13.2 Å². The second-order valence-electron chi connectivity index (χ2n) is 5.88. The maximum Gasteiger partial charge on any atom is 0.534 e. The molecule has 0 bridgehead atoms. The monoisotopic (exact) mass is 315 g/mol. The number of allylic oxidation sites excluding steroid dienone is 1. The summed E-state index contributed by atoms with van der Waals surface area (Å²) in [7, 11) is -5.60. The molecular weight excluding hydrogens is 295 g/mol. The summed E-state index contributed by atoms with van der Waals surface area (Å²) in [6.07, 6.45) is 1.06. The molecule has 0 amide bonds. The van der Waals surface area contributed by atoms with Crippen LogP contribution in [0.15, 0.2) is 12.3 Å². The summed E-state index contributed by atoms with van der Waals surface area (Å²) < 4.78 is 62.6. The maximum atomic E-state index is 12.2. The molecule has 4 nitrogen and oxygen atoms in total. The Morgan fingerprint density at radius 3 is 2.00 bits per heavy atom. The lowest BCUT2D eigenvalue weighted by Crippen LogP contribution is -2.46. The van der Waals surface area contributed by atoms with Crippen LogP contribution < -0.4 is 0 Å². The average Bonchev–Trinajstić information content (AvgIpc) is 2.26. The summed E-state index contributed by atoms with van der Waals surface area (Å²) in [6, 6.07) is 0. The fourth-order valence-corrected chi connectivity index (χ4v) is 2.64. The summed E-state index contributed by atoms with van der Waals surface area (Å²) in [5, 5.41) is 0. The van der Waals surface area contributed by atoms with Gasteiger partial charge < -0.3 is 4.18 Å². The van der Waals surface area contributed by atoms with E-state index in [9.17, 15) is 21.6 Å². The van der Waals surface area contributed by atoms with Crippen molar-refractivity contribution in [3.05, 3.63) is 12.3 Å². The van der Waals surface area contributed by atoms with Gasteiger partial charge in [-0.3, -0.25) is 4.90 Å². The number of likely N-dealkylation sites (tertiary alicyclic amines) is 1. The van der Waals surface area contributed by atoms with E-state index in [0.717, 1.165) is 0 Å². The van der Waals surface area contributed by atoms with Crippen molar-refractivity contribution in [3.8, 4) is 0 Å². The Balaban J connectivity index is 2.61. The molecule has 1 aliphatic rings. The van der Waals surface area contributed by atoms with Gasteiger partial charge in [0, 0.05) is 11.5 Å². The van der Waals surface area contributed by atoms with Crippen molar-refractivity contribution in [2.75, 3.05) is 13.1 Å². The lowest BCUT2D eigenvalue weighted by atomic mass is 9.92. The molecule has 0 aromatic heterocycles. The Bertz CT molecular complexity index is 457. The number of hydrogen-bond acceptors (Lipinski definition) is 4. The molecule has 0 saturated carbocycles. The van der Waals surface area contributed by atoms with Gasteiger partial charge in [0.15, 0.2) is 0 Å². The molecule has 1 saturated heterocycles. The van der Waals surface area contributed by atoms with Crippen LogP contribution in [0.25, 0.3) is 0 Å². The zero-order chi connectivity index (χ0) is 15.8. The van der Waals surface area contributed by atoms with Gasteiger partial charge in [0.2, 0.25) is 0 Å². The Labute approximate surface area is 117 Å². The van der Waals surface area contributed by atoms with Gasteiger partial charge in [0.05, 0.1) is 0 Å². The Morgan fingerprint density at radius 1 is 1.20 bits per heavy atom. The van der Waals surface area contributed by atoms with Crippen LogP contribution in [0.3, 0.4) is 0 Å². The van der Waals surface area contributed by atoms with Crippen molar-refractivity contribution < 1.29 is 25.8 Å². The smallest absolute Gasteiger partial charge is 0.381 e. The third kappa shape index (κ3) is 4.12. The van der Waals surface area contributed by atoms with E-state index in [-0.39, 0.29) is 17.2 Å². The van der Waals surface area contributed by atoms with Crippen molar-refractivity contribution in [3.63, 3.8) is 0 Å². The third-order valence-electron chi connectivity index (χ3n) is 3.40. The summed E-state index contributed by atoms with van der Waals surface area (Å²) in [6.45, 7) is 10.8. The number of hydrogen-bond donors (Lipinski definition) is 0. The third-order valence-corrected chi connectivity index (χ3v) is 4.40. The van der Waals surface area contributed by atoms with Crippen LogP contribution in [0.2, 0.25) is 0 Å². The van der Waals surface area contributed by atoms with Gasteiger partial charge in [-0.15, -0.1) is 0 Å². The first kappa shape index (κ1) is 17.3. The van der Waals surface area contributed by atoms with Crippen LogP contribution in [-0.2, 0) is 14.3 Å². The first-order valence-corrected chi connectivity index (χ1v) is 7.70. The fourth-order valence-electron chi connectivity index (χ4n) is 2.13. The molecular formula is C12H20F3NO3S. The minimum absolute atomic E-state index is 0.0226. The van der Waals surface area contributed by atoms with Gasteiger partial charge in [-0.25, -0.2) is 0 Å². The minimum Gasteiger partial charge on any atom is -0.381 e. The standard InChI is InChI=1S/C12H20F3NO3S/c1-9(19-20(17,18)12(13,14)15)10-5-7-16(8-6-10)11(2,3)4/h10H,1,5-8H2,2-4H3. The molecule has 0 N–H and O–H groups in total. The van der Waals surface area contributed by atoms with E-state index < -0.39 is 15.6 Å². The van der Waals surface area contributed by atoms with Gasteiger partial charge in [-0.05, 0) is 46.7 Å². The molecule has 0 aromatic carbocycles. The molecule has 0 atom stereocenters. The number of halogens is 3. The van der Waals surface area contributed by atoms with Crippen molar-refractivity contribution in [2.45, 2.75) is 44.7 Å². The van der Waals surface area contributed by atoms with E-state index in [1.54, 1.807) is 0 Å². The summed E-state index contributed by atoms with van der Waals surface area (Å²) >= 11 is 0. The fraction of sp³-hybridized carbons (Fsp3) is 0.833. The van der Waals surface area contributed by atoms with E-state index in [0.29, 0.717) is 25.9 Å². The van der Waals surface area contributed by atoms with E-state index in [2.05, 4.69) is 15.7 Å². The maximum absolute atomic E-state index is 12.2. The second-order valence-corrected chi connectivity index (χ2v) is 7.42. The van der Waals surface area contributed by atoms with Crippen LogP contribution in [0, 0.1) is 5.92 Å². The van der Waals surface area contributed by atoms with Gasteiger partial charge >= 0.3 is 15.6 Å². The molecule has 1 heterocycles. The SMILES string of the molecule is C=C(OS(=O)(=O)C(F)(F)F)C1CCN(C(C)(C)C)CC1. The van der Waals surface area contributed by atoms with Crippen LogP contribution in [0.1, 0.15) is 33.6 Å². The highest BCUT2D eigenvalue weighted by molar-refractivity contribution is 7.87. The number of rotatable bonds is 3. The van der Waals surface area contributed by atoms with Crippen LogP contribution in [-0.4, -0.2) is 37.5 Å². The Morgan fingerprint density at radius 2 is 1.65 bits per heavy atom. The lowest BCUT2D eigenvalue weighted by Gasteiger charge is -2.40. The largest absolute Gasteiger partial charge is 0.534 e. The highest BCUT2D eigenvalue weighted by atomic mass is 32.2. The van der Waals surface area contributed by atoms with Crippen LogP contribution >= 0.6 is 0 Å². The molecule has 0 aliphatic carbocycles. The van der Waals surface area contributed by atoms with E-state index in [1.165, 1.54) is 0 Å². The van der Waals surface area contributed by atoms with Gasteiger partial charge in [0.1, 0.15) is 5.76 Å². The first-order valence-electron chi connectivity index (χ1n) is 6.29. The molecule has 20 heavy (non-hydrogen) atoms. The topological polar surface area (TPSA) is 46.6 Å². The zero-order valence-corrected chi connectivity index (χ0v) is 12.6. The zero-order valence-electron chi connectivity index (χ0n) is 11.8. The molecule has 8 heteroatoms. The highest BCUT2D eigenvalue weighted by Gasteiger charge is 2.49. The molecule has 1 rings (SSSR count). The van der Waals surface area contributed by atoms with Crippen LogP contribution in [0.5, 0.6) is 0 Å². The number of piperidine rings is 1. The highest BCUT2D eigenvalue weighted by Crippen LogP contribution is 2.32. The minimum atomic E-state index is -5.60. The molecule has 1 fully saturated rings. The van der Waals surface area contributed by atoms with Gasteiger partial charge in [-0.1, -0.05) is 6.58 Å². The first-order chi connectivity index (χ1) is 8.84. The van der Waals surface area contributed by atoms with E-state index in [1.807, 2.05) is 20.8 Å². The van der Waals surface area contributed by atoms with Gasteiger partial charge in [0.25, 0.3) is 0 Å². The number of alkyl halides is 3. The summed E-state index contributed by atoms with van der Waals surface area (Å²) in [5.74, 6) is -0.693. The van der Waals surface area contributed by atoms with E-state index in [4.69, 9.17) is 0 Å². The molecule has 1 aliphatic heterocycles. The molecule has 0 spiro atoms. The summed E-state index contributed by atoms with van der Waals surface area (Å²) in [5.41, 5.74) is -5.44. The molecule has 0 aromatic rings. The van der Waals surface area contributed by atoms with Crippen molar-refractivity contribution in [1.29, 1.82) is 0 Å². The van der Waals surface area contributed by atoms with E-state index >= 15 is 0 Å². The van der Waals surface area contributed by atoms with Crippen molar-refractivity contribution in [2.24, 2.45) is 5.92 Å². The second kappa shape index (κ2) is 5.55. The molecule has 118 valence electrons. The Kier molecular flexibility index (Phi) is 4.80. The van der Waals surface area contributed by atoms with Crippen molar-refractivity contribution in [1.82, 2.24) is 4.90 Å². The number of nitrogens with zero attached hydrogens (tertiary/aromatic N) is 1. The lowest BCUT2D eigenvalue weighted by molar-refractivity contribution is -0.0529.